The van der Waals surface area contributed by atoms with Crippen molar-refractivity contribution in [1.29, 1.82) is 0 Å². The number of hydrogen-bond donors (Lipinski definition) is 1. The van der Waals surface area contributed by atoms with Crippen LogP contribution >= 0.6 is 11.8 Å². The summed E-state index contributed by atoms with van der Waals surface area (Å²) in [5.74, 6) is 1.51. The molecule has 1 amide bonds. The van der Waals surface area contributed by atoms with E-state index in [4.69, 9.17) is 9.15 Å². The molecule has 1 N–H and O–H groups in total. The highest BCUT2D eigenvalue weighted by atomic mass is 32.2. The van der Waals surface area contributed by atoms with Gasteiger partial charge in [-0.1, -0.05) is 30.0 Å². The second-order valence-electron chi connectivity index (χ2n) is 7.60. The van der Waals surface area contributed by atoms with Crippen molar-refractivity contribution in [2.75, 3.05) is 12.9 Å². The van der Waals surface area contributed by atoms with E-state index in [0.29, 0.717) is 45.6 Å². The van der Waals surface area contributed by atoms with Gasteiger partial charge in [0.05, 0.1) is 42.3 Å². The van der Waals surface area contributed by atoms with E-state index in [1.165, 1.54) is 16.3 Å². The Morgan fingerprint density at radius 1 is 1.15 bits per heavy atom. The number of carbonyl (C=O) groups excluding carboxylic acids is 1. The Labute approximate surface area is 198 Å². The molecule has 0 saturated heterocycles. The molecule has 10 heteroatoms. The first-order chi connectivity index (χ1) is 16.6. The van der Waals surface area contributed by atoms with Crippen molar-refractivity contribution in [2.24, 2.45) is 0 Å². The van der Waals surface area contributed by atoms with Gasteiger partial charge in [0, 0.05) is 0 Å². The van der Waals surface area contributed by atoms with Crippen molar-refractivity contribution in [3.8, 4) is 11.4 Å². The normalized spacial score (nSPS) is 11.2. The molecule has 172 valence electrons. The van der Waals surface area contributed by atoms with E-state index in [0.717, 1.165) is 5.56 Å². The number of aromatic nitrogens is 4. The number of rotatable bonds is 7. The molecule has 5 rings (SSSR count). The zero-order valence-electron chi connectivity index (χ0n) is 18.5. The summed E-state index contributed by atoms with van der Waals surface area (Å²) in [6.45, 7) is 2.25. The van der Waals surface area contributed by atoms with Crippen molar-refractivity contribution in [3.05, 3.63) is 82.5 Å². The lowest BCUT2D eigenvalue weighted by molar-refractivity contribution is -0.118. The minimum absolute atomic E-state index is 0.128. The van der Waals surface area contributed by atoms with Crippen LogP contribution in [0.4, 0.5) is 0 Å². The first-order valence-electron chi connectivity index (χ1n) is 10.5. The van der Waals surface area contributed by atoms with Crippen LogP contribution in [0.2, 0.25) is 0 Å². The highest BCUT2D eigenvalue weighted by molar-refractivity contribution is 7.99. The van der Waals surface area contributed by atoms with E-state index in [2.05, 4.69) is 15.5 Å². The number of furan rings is 1. The van der Waals surface area contributed by atoms with Gasteiger partial charge in [-0.15, -0.1) is 10.2 Å². The third kappa shape index (κ3) is 3.92. The quantitative estimate of drug-likeness (QED) is 0.360. The van der Waals surface area contributed by atoms with E-state index in [1.807, 2.05) is 43.3 Å². The second-order valence-corrected chi connectivity index (χ2v) is 8.54. The molecule has 34 heavy (non-hydrogen) atoms. The lowest BCUT2D eigenvalue weighted by atomic mass is 10.2. The lowest BCUT2D eigenvalue weighted by Crippen LogP contribution is -2.24. The van der Waals surface area contributed by atoms with Gasteiger partial charge >= 0.3 is 0 Å². The van der Waals surface area contributed by atoms with Crippen molar-refractivity contribution in [1.82, 2.24) is 24.5 Å². The number of nitrogens with one attached hydrogen (secondary N) is 1. The number of nitrogens with zero attached hydrogens (tertiary/aromatic N) is 4. The van der Waals surface area contributed by atoms with E-state index in [-0.39, 0.29) is 17.2 Å². The summed E-state index contributed by atoms with van der Waals surface area (Å²) in [6.07, 6.45) is 1.56. The zero-order valence-corrected chi connectivity index (χ0v) is 19.3. The van der Waals surface area contributed by atoms with Crippen LogP contribution in [0.3, 0.4) is 0 Å². The number of fused-ring (bicyclic) bond motifs is 3. The molecule has 0 unspecified atom stereocenters. The van der Waals surface area contributed by atoms with E-state index in [1.54, 1.807) is 36.0 Å². The SMILES string of the molecule is COc1ccc(C)cc1-n1c(=O)c2ccccc2n2c(SCC(=O)NCc3ccco3)nnc12. The van der Waals surface area contributed by atoms with Gasteiger partial charge < -0.3 is 14.5 Å². The Kier molecular flexibility index (Phi) is 5.81. The molecular formula is C24H21N5O4S. The summed E-state index contributed by atoms with van der Waals surface area (Å²) in [5, 5.41) is 12.5. The summed E-state index contributed by atoms with van der Waals surface area (Å²) in [4.78, 5) is 25.9. The first kappa shape index (κ1) is 21.8. The molecule has 5 aromatic rings. The fourth-order valence-corrected chi connectivity index (χ4v) is 4.51. The summed E-state index contributed by atoms with van der Waals surface area (Å²) < 4.78 is 14.1. The van der Waals surface area contributed by atoms with Crippen LogP contribution in [0.1, 0.15) is 11.3 Å². The summed E-state index contributed by atoms with van der Waals surface area (Å²) in [6, 6.07) is 16.4. The number of methoxy groups -OCH3 is 1. The van der Waals surface area contributed by atoms with Gasteiger partial charge in [-0.05, 0) is 48.9 Å². The van der Waals surface area contributed by atoms with Crippen LogP contribution in [0.5, 0.6) is 5.75 Å². The number of hydrogen-bond acceptors (Lipinski definition) is 7. The van der Waals surface area contributed by atoms with Crippen molar-refractivity contribution >= 4 is 34.3 Å². The molecule has 0 fully saturated rings. The average molecular weight is 476 g/mol. The standard InChI is InChI=1S/C24H21N5O4S/c1-15-9-10-20(32-2)19(12-15)28-22(31)17-7-3-4-8-18(17)29-23(28)26-27-24(29)34-14-21(30)25-13-16-6-5-11-33-16/h3-12H,13-14H2,1-2H3,(H,25,30). The maximum Gasteiger partial charge on any atom is 0.267 e. The smallest absolute Gasteiger partial charge is 0.267 e. The largest absolute Gasteiger partial charge is 0.495 e. The fraction of sp³-hybridized carbons (Fsp3) is 0.167. The van der Waals surface area contributed by atoms with Gasteiger partial charge in [-0.2, -0.15) is 0 Å². The van der Waals surface area contributed by atoms with E-state index >= 15 is 0 Å². The van der Waals surface area contributed by atoms with Gasteiger partial charge in [0.15, 0.2) is 5.16 Å². The Morgan fingerprint density at radius 3 is 2.79 bits per heavy atom. The average Bonchev–Trinajstić information content (AvgIpc) is 3.52. The summed E-state index contributed by atoms with van der Waals surface area (Å²) in [5.41, 5.74) is 1.97. The molecule has 0 aliphatic heterocycles. The number of ether oxygens (including phenoxy) is 1. The van der Waals surface area contributed by atoms with Gasteiger partial charge in [-0.3, -0.25) is 14.0 Å². The molecule has 3 aromatic heterocycles. The van der Waals surface area contributed by atoms with Gasteiger partial charge in [0.2, 0.25) is 11.7 Å². The molecule has 0 aliphatic rings. The number of para-hydroxylation sites is 1. The Morgan fingerprint density at radius 2 is 2.00 bits per heavy atom. The maximum atomic E-state index is 13.5. The minimum atomic E-state index is -0.229. The van der Waals surface area contributed by atoms with E-state index < -0.39 is 0 Å². The first-order valence-corrected chi connectivity index (χ1v) is 11.5. The van der Waals surface area contributed by atoms with Crippen molar-refractivity contribution in [2.45, 2.75) is 18.6 Å². The van der Waals surface area contributed by atoms with Crippen LogP contribution in [-0.4, -0.2) is 37.9 Å². The summed E-state index contributed by atoms with van der Waals surface area (Å²) >= 11 is 1.24. The predicted octanol–water partition coefficient (Wildman–Crippen LogP) is 3.35. The topological polar surface area (TPSA) is 104 Å². The van der Waals surface area contributed by atoms with E-state index in [9.17, 15) is 9.59 Å². The van der Waals surface area contributed by atoms with Crippen molar-refractivity contribution < 1.29 is 13.9 Å². The van der Waals surface area contributed by atoms with Gasteiger partial charge in [0.25, 0.3) is 5.56 Å². The molecule has 9 nitrogen and oxygen atoms in total. The zero-order chi connectivity index (χ0) is 23.7. The number of carbonyl (C=O) groups is 1. The third-order valence-electron chi connectivity index (χ3n) is 5.34. The molecule has 0 spiro atoms. The fourth-order valence-electron chi connectivity index (χ4n) is 3.74. The number of aryl methyl sites for hydroxylation is 1. The minimum Gasteiger partial charge on any atom is -0.495 e. The molecule has 3 heterocycles. The molecule has 0 saturated carbocycles. The Bertz CT molecular complexity index is 1560. The lowest BCUT2D eigenvalue weighted by Gasteiger charge is -2.14. The second kappa shape index (κ2) is 9.06. The van der Waals surface area contributed by atoms with Crippen LogP contribution in [0.25, 0.3) is 22.4 Å². The molecule has 0 aliphatic carbocycles. The number of amides is 1. The highest BCUT2D eigenvalue weighted by Gasteiger charge is 2.20. The predicted molar refractivity (Wildman–Crippen MR) is 129 cm³/mol. The van der Waals surface area contributed by atoms with Crippen LogP contribution in [-0.2, 0) is 11.3 Å². The maximum absolute atomic E-state index is 13.5. The van der Waals surface area contributed by atoms with Crippen LogP contribution in [0.15, 0.2) is 75.2 Å². The third-order valence-corrected chi connectivity index (χ3v) is 6.27. The number of thioether (sulfide) groups is 1. The van der Waals surface area contributed by atoms with Gasteiger partial charge in [0.1, 0.15) is 11.5 Å². The Balaban J connectivity index is 1.58. The molecular weight excluding hydrogens is 454 g/mol. The Hall–Kier alpha value is -4.05. The monoisotopic (exact) mass is 475 g/mol. The number of benzene rings is 2. The molecule has 2 aromatic carbocycles. The van der Waals surface area contributed by atoms with Gasteiger partial charge in [-0.25, -0.2) is 4.57 Å². The molecule has 0 bridgehead atoms. The molecule has 0 radical (unpaired) electrons. The molecule has 0 atom stereocenters. The van der Waals surface area contributed by atoms with Crippen LogP contribution < -0.4 is 15.6 Å². The van der Waals surface area contributed by atoms with Crippen LogP contribution in [0, 0.1) is 6.92 Å². The summed E-state index contributed by atoms with van der Waals surface area (Å²) in [7, 11) is 1.56. The van der Waals surface area contributed by atoms with Crippen molar-refractivity contribution in [3.63, 3.8) is 0 Å². The highest BCUT2D eigenvalue weighted by Crippen LogP contribution is 2.27.